The van der Waals surface area contributed by atoms with Gasteiger partial charge in [-0.2, -0.15) is 0 Å². The van der Waals surface area contributed by atoms with Crippen LogP contribution in [0.2, 0.25) is 0 Å². The summed E-state index contributed by atoms with van der Waals surface area (Å²) in [6, 6.07) is 5.13. The molecule has 2 rings (SSSR count). The summed E-state index contributed by atoms with van der Waals surface area (Å²) in [5.41, 5.74) is 1.58. The SMILES string of the molecule is Cc1cccc(-c2ncc(CO)[nH]2)c1F. The third-order valence-corrected chi connectivity index (χ3v) is 2.25. The van der Waals surface area contributed by atoms with Crippen molar-refractivity contribution in [2.45, 2.75) is 13.5 Å². The average molecular weight is 206 g/mol. The normalized spacial score (nSPS) is 10.6. The second-order valence-electron chi connectivity index (χ2n) is 3.35. The van der Waals surface area contributed by atoms with Gasteiger partial charge in [-0.1, -0.05) is 12.1 Å². The molecule has 1 heterocycles. The lowest BCUT2D eigenvalue weighted by molar-refractivity contribution is 0.277. The van der Waals surface area contributed by atoms with Crippen LogP contribution in [-0.4, -0.2) is 15.1 Å². The van der Waals surface area contributed by atoms with E-state index < -0.39 is 0 Å². The highest BCUT2D eigenvalue weighted by Gasteiger charge is 2.09. The second kappa shape index (κ2) is 3.82. The van der Waals surface area contributed by atoms with E-state index in [0.29, 0.717) is 22.6 Å². The highest BCUT2D eigenvalue weighted by atomic mass is 19.1. The molecule has 4 heteroatoms. The van der Waals surface area contributed by atoms with Gasteiger partial charge < -0.3 is 10.1 Å². The van der Waals surface area contributed by atoms with Gasteiger partial charge in [-0.25, -0.2) is 9.37 Å². The van der Waals surface area contributed by atoms with Gasteiger partial charge in [0.05, 0.1) is 24.1 Å². The molecule has 0 saturated heterocycles. The minimum absolute atomic E-state index is 0.125. The molecule has 1 aromatic carbocycles. The molecular weight excluding hydrogens is 195 g/mol. The highest BCUT2D eigenvalue weighted by molar-refractivity contribution is 5.57. The summed E-state index contributed by atoms with van der Waals surface area (Å²) < 4.78 is 13.7. The third-order valence-electron chi connectivity index (χ3n) is 2.25. The van der Waals surface area contributed by atoms with E-state index in [9.17, 15) is 4.39 Å². The van der Waals surface area contributed by atoms with Crippen molar-refractivity contribution in [1.82, 2.24) is 9.97 Å². The van der Waals surface area contributed by atoms with E-state index in [0.717, 1.165) is 0 Å². The van der Waals surface area contributed by atoms with E-state index in [1.807, 2.05) is 0 Å². The molecule has 0 aliphatic rings. The fraction of sp³-hybridized carbons (Fsp3) is 0.182. The second-order valence-corrected chi connectivity index (χ2v) is 3.35. The minimum atomic E-state index is -0.281. The monoisotopic (exact) mass is 206 g/mol. The van der Waals surface area contributed by atoms with Crippen molar-refractivity contribution in [1.29, 1.82) is 0 Å². The van der Waals surface area contributed by atoms with Crippen molar-refractivity contribution in [3.05, 3.63) is 41.5 Å². The Hall–Kier alpha value is -1.68. The Balaban J connectivity index is 2.49. The van der Waals surface area contributed by atoms with Gasteiger partial charge in [-0.15, -0.1) is 0 Å². The lowest BCUT2D eigenvalue weighted by atomic mass is 10.1. The van der Waals surface area contributed by atoms with Crippen LogP contribution in [0.5, 0.6) is 0 Å². The zero-order valence-electron chi connectivity index (χ0n) is 8.29. The molecule has 3 nitrogen and oxygen atoms in total. The zero-order chi connectivity index (χ0) is 10.8. The summed E-state index contributed by atoms with van der Waals surface area (Å²) in [5, 5.41) is 8.86. The van der Waals surface area contributed by atoms with Crippen LogP contribution in [0.4, 0.5) is 4.39 Å². The first-order chi connectivity index (χ1) is 7.22. The standard InChI is InChI=1S/C11H11FN2O/c1-7-3-2-4-9(10(7)12)11-13-5-8(6-15)14-11/h2-5,15H,6H2,1H3,(H,13,14). The zero-order valence-corrected chi connectivity index (χ0v) is 8.29. The van der Waals surface area contributed by atoms with Gasteiger partial charge in [-0.3, -0.25) is 0 Å². The number of nitrogens with one attached hydrogen (secondary N) is 1. The van der Waals surface area contributed by atoms with E-state index >= 15 is 0 Å². The number of benzene rings is 1. The Morgan fingerprint density at radius 3 is 2.93 bits per heavy atom. The summed E-state index contributed by atoms with van der Waals surface area (Å²) in [6.45, 7) is 1.58. The molecule has 0 amide bonds. The number of H-pyrrole nitrogens is 1. The Bertz CT molecular complexity index is 479. The molecule has 1 aromatic heterocycles. The summed E-state index contributed by atoms with van der Waals surface area (Å²) in [4.78, 5) is 6.85. The van der Waals surface area contributed by atoms with Crippen LogP contribution >= 0.6 is 0 Å². The molecule has 2 aromatic rings. The number of nitrogens with zero attached hydrogens (tertiary/aromatic N) is 1. The number of aromatic amines is 1. The predicted octanol–water partition coefficient (Wildman–Crippen LogP) is 2.02. The van der Waals surface area contributed by atoms with Gasteiger partial charge in [0.15, 0.2) is 0 Å². The number of aromatic nitrogens is 2. The van der Waals surface area contributed by atoms with E-state index in [1.165, 1.54) is 6.20 Å². The highest BCUT2D eigenvalue weighted by Crippen LogP contribution is 2.21. The van der Waals surface area contributed by atoms with Crippen LogP contribution in [0.1, 0.15) is 11.3 Å². The summed E-state index contributed by atoms with van der Waals surface area (Å²) >= 11 is 0. The number of imidazole rings is 1. The van der Waals surface area contributed by atoms with Crippen molar-refractivity contribution in [3.8, 4) is 11.4 Å². The molecule has 0 unspecified atom stereocenters. The summed E-state index contributed by atoms with van der Waals surface area (Å²) in [6.07, 6.45) is 1.50. The van der Waals surface area contributed by atoms with Crippen LogP contribution in [0.15, 0.2) is 24.4 Å². The van der Waals surface area contributed by atoms with Gasteiger partial charge in [0.25, 0.3) is 0 Å². The van der Waals surface area contributed by atoms with Gasteiger partial charge in [0.1, 0.15) is 11.6 Å². The van der Waals surface area contributed by atoms with E-state index in [-0.39, 0.29) is 12.4 Å². The van der Waals surface area contributed by atoms with Crippen molar-refractivity contribution >= 4 is 0 Å². The molecular formula is C11H11FN2O. The smallest absolute Gasteiger partial charge is 0.140 e. The van der Waals surface area contributed by atoms with Crippen LogP contribution in [0, 0.1) is 12.7 Å². The van der Waals surface area contributed by atoms with E-state index in [2.05, 4.69) is 9.97 Å². The third kappa shape index (κ3) is 1.76. The predicted molar refractivity (Wildman–Crippen MR) is 54.6 cm³/mol. The maximum atomic E-state index is 13.7. The fourth-order valence-electron chi connectivity index (χ4n) is 1.41. The molecule has 0 saturated carbocycles. The Kier molecular flexibility index (Phi) is 2.51. The van der Waals surface area contributed by atoms with Gasteiger partial charge >= 0.3 is 0 Å². The fourth-order valence-corrected chi connectivity index (χ4v) is 1.41. The van der Waals surface area contributed by atoms with Gasteiger partial charge in [-0.05, 0) is 18.6 Å². The van der Waals surface area contributed by atoms with E-state index in [1.54, 1.807) is 25.1 Å². The molecule has 0 bridgehead atoms. The van der Waals surface area contributed by atoms with Crippen molar-refractivity contribution in [2.24, 2.45) is 0 Å². The molecule has 0 atom stereocenters. The number of rotatable bonds is 2. The maximum absolute atomic E-state index is 13.7. The molecule has 0 aliphatic carbocycles. The number of hydrogen-bond donors (Lipinski definition) is 2. The Morgan fingerprint density at radius 2 is 2.27 bits per heavy atom. The molecule has 0 fully saturated rings. The van der Waals surface area contributed by atoms with Crippen molar-refractivity contribution in [2.75, 3.05) is 0 Å². The Morgan fingerprint density at radius 1 is 1.47 bits per heavy atom. The molecule has 78 valence electrons. The van der Waals surface area contributed by atoms with Gasteiger partial charge in [0, 0.05) is 0 Å². The summed E-state index contributed by atoms with van der Waals surface area (Å²) in [7, 11) is 0. The first kappa shape index (κ1) is 9.86. The first-order valence-corrected chi connectivity index (χ1v) is 4.62. The van der Waals surface area contributed by atoms with Crippen LogP contribution in [0.25, 0.3) is 11.4 Å². The van der Waals surface area contributed by atoms with E-state index in [4.69, 9.17) is 5.11 Å². The average Bonchev–Trinajstić information content (AvgIpc) is 2.70. The number of aliphatic hydroxyl groups excluding tert-OH is 1. The Labute approximate surface area is 86.6 Å². The molecule has 15 heavy (non-hydrogen) atoms. The van der Waals surface area contributed by atoms with Crippen LogP contribution in [0.3, 0.4) is 0 Å². The molecule has 0 spiro atoms. The van der Waals surface area contributed by atoms with Crippen molar-refractivity contribution < 1.29 is 9.50 Å². The van der Waals surface area contributed by atoms with Crippen LogP contribution in [-0.2, 0) is 6.61 Å². The summed E-state index contributed by atoms with van der Waals surface area (Å²) in [5.74, 6) is 0.164. The lowest BCUT2D eigenvalue weighted by Crippen LogP contribution is -1.90. The van der Waals surface area contributed by atoms with Crippen LogP contribution < -0.4 is 0 Å². The quantitative estimate of drug-likeness (QED) is 0.789. The largest absolute Gasteiger partial charge is 0.390 e. The first-order valence-electron chi connectivity index (χ1n) is 4.62. The molecule has 2 N–H and O–H groups in total. The maximum Gasteiger partial charge on any atom is 0.140 e. The lowest BCUT2D eigenvalue weighted by Gasteiger charge is -2.01. The number of halogens is 1. The topological polar surface area (TPSA) is 48.9 Å². The number of aliphatic hydroxyl groups is 1. The minimum Gasteiger partial charge on any atom is -0.390 e. The number of hydrogen-bond acceptors (Lipinski definition) is 2. The van der Waals surface area contributed by atoms with Gasteiger partial charge in [0.2, 0.25) is 0 Å². The van der Waals surface area contributed by atoms with Crippen molar-refractivity contribution in [3.63, 3.8) is 0 Å². The molecule has 0 radical (unpaired) electrons. The molecule has 0 aliphatic heterocycles. The number of aryl methyl sites for hydroxylation is 1.